The summed E-state index contributed by atoms with van der Waals surface area (Å²) in [7, 11) is 0. The van der Waals surface area contributed by atoms with Crippen molar-refractivity contribution in [2.45, 2.75) is 0 Å². The summed E-state index contributed by atoms with van der Waals surface area (Å²) in [5.41, 5.74) is 0.511. The Balaban J connectivity index is 2.09. The van der Waals surface area contributed by atoms with Crippen LogP contribution in [0.25, 0.3) is 10.1 Å². The maximum Gasteiger partial charge on any atom is 0.206 e. The van der Waals surface area contributed by atoms with Crippen molar-refractivity contribution in [3.8, 4) is 0 Å². The summed E-state index contributed by atoms with van der Waals surface area (Å²) in [6, 6.07) is 7.89. The van der Waals surface area contributed by atoms with Gasteiger partial charge in [0.15, 0.2) is 0 Å². The fraction of sp³-hybridized carbons (Fsp3) is 0. The average molecular weight is 246 g/mol. The first-order chi connectivity index (χ1) is 8.24. The van der Waals surface area contributed by atoms with Gasteiger partial charge in [-0.1, -0.05) is 6.07 Å². The molecule has 0 fully saturated rings. The Kier molecular flexibility index (Phi) is 2.30. The highest BCUT2D eigenvalue weighted by atomic mass is 32.1. The molecular weight excluding hydrogens is 239 g/mol. The maximum atomic E-state index is 13.0. The van der Waals surface area contributed by atoms with Gasteiger partial charge in [0.1, 0.15) is 12.1 Å². The molecule has 0 N–H and O–H groups in total. The van der Waals surface area contributed by atoms with Gasteiger partial charge in [0.2, 0.25) is 5.78 Å². The maximum absolute atomic E-state index is 13.0. The van der Waals surface area contributed by atoms with Crippen LogP contribution < -0.4 is 0 Å². The molecule has 4 heteroatoms. The molecule has 0 unspecified atom stereocenters. The molecule has 3 rings (SSSR count). The lowest BCUT2D eigenvalue weighted by Crippen LogP contribution is -1.95. The van der Waals surface area contributed by atoms with E-state index in [1.54, 1.807) is 18.2 Å². The van der Waals surface area contributed by atoms with Crippen molar-refractivity contribution in [3.05, 3.63) is 59.1 Å². The zero-order chi connectivity index (χ0) is 11.8. The molecular formula is C13H7FO2S. The molecule has 0 saturated carbocycles. The predicted molar refractivity (Wildman–Crippen MR) is 63.9 cm³/mol. The van der Waals surface area contributed by atoms with Crippen LogP contribution in [0, 0.1) is 5.82 Å². The van der Waals surface area contributed by atoms with Crippen molar-refractivity contribution in [1.29, 1.82) is 0 Å². The van der Waals surface area contributed by atoms with E-state index in [0.29, 0.717) is 10.4 Å². The summed E-state index contributed by atoms with van der Waals surface area (Å²) in [6.45, 7) is 0. The molecule has 2 nitrogen and oxygen atoms in total. The first kappa shape index (κ1) is 10.2. The summed E-state index contributed by atoms with van der Waals surface area (Å²) < 4.78 is 18.7. The molecule has 0 amide bonds. The molecule has 0 bridgehead atoms. The van der Waals surface area contributed by atoms with Gasteiger partial charge in [0.05, 0.1) is 16.7 Å². The molecule has 17 heavy (non-hydrogen) atoms. The van der Waals surface area contributed by atoms with Crippen molar-refractivity contribution < 1.29 is 13.6 Å². The highest BCUT2D eigenvalue weighted by molar-refractivity contribution is 7.21. The number of furan rings is 1. The van der Waals surface area contributed by atoms with Gasteiger partial charge < -0.3 is 4.42 Å². The Labute approximate surface area is 100 Å². The third-order valence-corrected chi connectivity index (χ3v) is 3.59. The third kappa shape index (κ3) is 1.76. The normalized spacial score (nSPS) is 10.9. The number of carbonyl (C=O) groups excluding carboxylic acids is 1. The van der Waals surface area contributed by atoms with Crippen LogP contribution in [0.4, 0.5) is 4.39 Å². The van der Waals surface area contributed by atoms with Crippen LogP contribution in [0.2, 0.25) is 0 Å². The fourth-order valence-electron chi connectivity index (χ4n) is 1.65. The van der Waals surface area contributed by atoms with Gasteiger partial charge in [-0.05, 0) is 29.7 Å². The van der Waals surface area contributed by atoms with E-state index in [9.17, 15) is 9.18 Å². The molecule has 0 aliphatic heterocycles. The van der Waals surface area contributed by atoms with E-state index >= 15 is 0 Å². The minimum absolute atomic E-state index is 0.0969. The fourth-order valence-corrected chi connectivity index (χ4v) is 2.70. The molecule has 0 aliphatic carbocycles. The monoisotopic (exact) mass is 246 g/mol. The third-order valence-electron chi connectivity index (χ3n) is 2.49. The number of rotatable bonds is 2. The first-order valence-corrected chi connectivity index (χ1v) is 5.82. The lowest BCUT2D eigenvalue weighted by Gasteiger charge is -1.89. The second-order valence-electron chi connectivity index (χ2n) is 3.63. The van der Waals surface area contributed by atoms with Gasteiger partial charge >= 0.3 is 0 Å². The Morgan fingerprint density at radius 1 is 1.24 bits per heavy atom. The predicted octanol–water partition coefficient (Wildman–Crippen LogP) is 3.86. The molecule has 2 aromatic heterocycles. The second-order valence-corrected chi connectivity index (χ2v) is 4.72. The zero-order valence-electron chi connectivity index (χ0n) is 8.64. The van der Waals surface area contributed by atoms with E-state index in [-0.39, 0.29) is 11.6 Å². The highest BCUT2D eigenvalue weighted by Crippen LogP contribution is 2.28. The van der Waals surface area contributed by atoms with E-state index in [2.05, 4.69) is 0 Å². The first-order valence-electron chi connectivity index (χ1n) is 5.00. The molecule has 0 radical (unpaired) electrons. The molecule has 2 heterocycles. The van der Waals surface area contributed by atoms with E-state index in [1.807, 2.05) is 0 Å². The number of carbonyl (C=O) groups is 1. The summed E-state index contributed by atoms with van der Waals surface area (Å²) >= 11 is 1.29. The molecule has 0 saturated heterocycles. The highest BCUT2D eigenvalue weighted by Gasteiger charge is 2.13. The van der Waals surface area contributed by atoms with Crippen LogP contribution in [-0.4, -0.2) is 5.78 Å². The van der Waals surface area contributed by atoms with E-state index < -0.39 is 0 Å². The lowest BCUT2D eigenvalue weighted by atomic mass is 10.2. The van der Waals surface area contributed by atoms with Crippen LogP contribution in [0.5, 0.6) is 0 Å². The van der Waals surface area contributed by atoms with E-state index in [4.69, 9.17) is 4.42 Å². The molecule has 3 aromatic rings. The second kappa shape index (κ2) is 3.82. The lowest BCUT2D eigenvalue weighted by molar-refractivity contribution is 0.104. The van der Waals surface area contributed by atoms with Gasteiger partial charge in [-0.3, -0.25) is 4.79 Å². The Morgan fingerprint density at radius 3 is 2.88 bits per heavy atom. The number of fused-ring (bicyclic) bond motifs is 1. The minimum Gasteiger partial charge on any atom is -0.472 e. The van der Waals surface area contributed by atoms with Crippen molar-refractivity contribution in [2.24, 2.45) is 0 Å². The van der Waals surface area contributed by atoms with Crippen molar-refractivity contribution in [3.63, 3.8) is 0 Å². The number of thiophene rings is 1. The average Bonchev–Trinajstić information content (AvgIpc) is 2.96. The quantitative estimate of drug-likeness (QED) is 0.642. The molecule has 84 valence electrons. The minimum atomic E-state index is -0.290. The van der Waals surface area contributed by atoms with Crippen LogP contribution in [-0.2, 0) is 0 Å². The van der Waals surface area contributed by atoms with Crippen LogP contribution in [0.3, 0.4) is 0 Å². The van der Waals surface area contributed by atoms with Crippen molar-refractivity contribution in [2.75, 3.05) is 0 Å². The zero-order valence-corrected chi connectivity index (χ0v) is 9.46. The van der Waals surface area contributed by atoms with Crippen LogP contribution in [0.15, 0.2) is 47.3 Å². The number of hydrogen-bond donors (Lipinski definition) is 0. The summed E-state index contributed by atoms with van der Waals surface area (Å²) in [6.07, 6.45) is 2.87. The summed E-state index contributed by atoms with van der Waals surface area (Å²) in [5, 5.41) is 0.878. The number of halogens is 1. The van der Waals surface area contributed by atoms with Gasteiger partial charge in [-0.15, -0.1) is 11.3 Å². The van der Waals surface area contributed by atoms with E-state index in [1.165, 1.54) is 36.0 Å². The van der Waals surface area contributed by atoms with Crippen LogP contribution in [0.1, 0.15) is 15.2 Å². The molecule has 0 aliphatic rings. The van der Waals surface area contributed by atoms with Gasteiger partial charge in [-0.25, -0.2) is 4.39 Å². The summed E-state index contributed by atoms with van der Waals surface area (Å²) in [4.78, 5) is 12.6. The van der Waals surface area contributed by atoms with Crippen molar-refractivity contribution >= 4 is 27.2 Å². The molecule has 0 atom stereocenters. The smallest absolute Gasteiger partial charge is 0.206 e. The van der Waals surface area contributed by atoms with E-state index in [0.717, 1.165) is 10.1 Å². The van der Waals surface area contributed by atoms with Gasteiger partial charge in [-0.2, -0.15) is 0 Å². The van der Waals surface area contributed by atoms with Crippen molar-refractivity contribution in [1.82, 2.24) is 0 Å². The van der Waals surface area contributed by atoms with Crippen LogP contribution >= 0.6 is 11.3 Å². The summed E-state index contributed by atoms with van der Waals surface area (Å²) in [5.74, 6) is -0.387. The number of ketones is 1. The Hall–Kier alpha value is -1.94. The molecule has 1 aromatic carbocycles. The Bertz CT molecular complexity index is 683. The molecule has 0 spiro atoms. The Morgan fingerprint density at radius 2 is 2.12 bits per heavy atom. The topological polar surface area (TPSA) is 30.2 Å². The number of hydrogen-bond acceptors (Lipinski definition) is 3. The standard InChI is InChI=1S/C13H7FO2S/c14-10-2-1-8-5-12(17-11(8)6-10)13(15)9-3-4-16-7-9/h1-7H. The largest absolute Gasteiger partial charge is 0.472 e. The van der Waals surface area contributed by atoms with Gasteiger partial charge in [0.25, 0.3) is 0 Å². The number of benzene rings is 1. The SMILES string of the molecule is O=C(c1ccoc1)c1cc2ccc(F)cc2s1. The van der Waals surface area contributed by atoms with Gasteiger partial charge in [0, 0.05) is 4.70 Å².